The summed E-state index contributed by atoms with van der Waals surface area (Å²) in [6.07, 6.45) is 0. The van der Waals surface area contributed by atoms with E-state index in [1.54, 1.807) is 0 Å². The van der Waals surface area contributed by atoms with Crippen LogP contribution in [-0.2, 0) is 0 Å². The molecule has 0 saturated carbocycles. The summed E-state index contributed by atoms with van der Waals surface area (Å²) in [7, 11) is 0. The second-order valence-electron chi connectivity index (χ2n) is 2.60. The van der Waals surface area contributed by atoms with Gasteiger partial charge in [-0.1, -0.05) is 18.2 Å². The molecule has 2 nitrogen and oxygen atoms in total. The lowest BCUT2D eigenvalue weighted by atomic mass is 10.3. The topological polar surface area (TPSA) is 35.2 Å². The van der Waals surface area contributed by atoms with E-state index in [1.807, 2.05) is 37.3 Å². The zero-order chi connectivity index (χ0) is 8.10. The second kappa shape index (κ2) is 5.86. The molecule has 1 aromatic carbocycles. The Bertz CT molecular complexity index is 201. The van der Waals surface area contributed by atoms with Crippen LogP contribution in [0.5, 0.6) is 5.75 Å². The molecular formula is C9H14ClNO. The highest BCUT2D eigenvalue weighted by Gasteiger charge is 1.94. The van der Waals surface area contributed by atoms with Gasteiger partial charge in [0.1, 0.15) is 12.4 Å². The van der Waals surface area contributed by atoms with E-state index in [-0.39, 0.29) is 18.4 Å². The van der Waals surface area contributed by atoms with Gasteiger partial charge in [-0.15, -0.1) is 12.4 Å². The maximum Gasteiger partial charge on any atom is 0.119 e. The lowest BCUT2D eigenvalue weighted by Crippen LogP contribution is -2.23. The third kappa shape index (κ3) is 4.21. The van der Waals surface area contributed by atoms with Crippen molar-refractivity contribution in [2.45, 2.75) is 13.0 Å². The van der Waals surface area contributed by atoms with Gasteiger partial charge in [0.15, 0.2) is 0 Å². The highest BCUT2D eigenvalue weighted by atomic mass is 35.5. The molecule has 0 spiro atoms. The summed E-state index contributed by atoms with van der Waals surface area (Å²) >= 11 is 0. The second-order valence-corrected chi connectivity index (χ2v) is 2.60. The van der Waals surface area contributed by atoms with Crippen LogP contribution in [-0.4, -0.2) is 12.6 Å². The number of para-hydroxylation sites is 1. The van der Waals surface area contributed by atoms with Gasteiger partial charge in [0, 0.05) is 6.04 Å². The van der Waals surface area contributed by atoms with Gasteiger partial charge in [0.25, 0.3) is 0 Å². The van der Waals surface area contributed by atoms with E-state index in [0.717, 1.165) is 5.75 Å². The van der Waals surface area contributed by atoms with E-state index in [9.17, 15) is 0 Å². The van der Waals surface area contributed by atoms with Crippen LogP contribution in [0.4, 0.5) is 0 Å². The van der Waals surface area contributed by atoms with Crippen molar-refractivity contribution in [1.29, 1.82) is 0 Å². The molecule has 0 aromatic heterocycles. The van der Waals surface area contributed by atoms with Crippen molar-refractivity contribution in [2.75, 3.05) is 6.61 Å². The molecule has 0 aliphatic carbocycles. The van der Waals surface area contributed by atoms with Crippen LogP contribution < -0.4 is 10.5 Å². The first-order chi connectivity index (χ1) is 5.29. The Hall–Kier alpha value is -0.730. The number of benzene rings is 1. The highest BCUT2D eigenvalue weighted by molar-refractivity contribution is 5.85. The Labute approximate surface area is 79.1 Å². The lowest BCUT2D eigenvalue weighted by molar-refractivity contribution is 0.296. The van der Waals surface area contributed by atoms with Crippen LogP contribution in [0.25, 0.3) is 0 Å². The largest absolute Gasteiger partial charge is 0.492 e. The molecule has 3 heteroatoms. The predicted octanol–water partition coefficient (Wildman–Crippen LogP) is 1.83. The summed E-state index contributed by atoms with van der Waals surface area (Å²) < 4.78 is 5.34. The molecule has 0 aliphatic rings. The first kappa shape index (κ1) is 11.3. The predicted molar refractivity (Wildman–Crippen MR) is 52.8 cm³/mol. The summed E-state index contributed by atoms with van der Waals surface area (Å²) in [5, 5.41) is 0. The van der Waals surface area contributed by atoms with Crippen molar-refractivity contribution in [1.82, 2.24) is 0 Å². The molecular weight excluding hydrogens is 174 g/mol. The van der Waals surface area contributed by atoms with Crippen LogP contribution in [0.1, 0.15) is 6.92 Å². The molecule has 0 saturated heterocycles. The lowest BCUT2D eigenvalue weighted by Gasteiger charge is -2.07. The van der Waals surface area contributed by atoms with E-state index in [2.05, 4.69) is 0 Å². The van der Waals surface area contributed by atoms with Gasteiger partial charge in [-0.05, 0) is 19.1 Å². The molecule has 0 radical (unpaired) electrons. The SMILES string of the molecule is CC(N)COc1ccccc1.Cl. The Balaban J connectivity index is 0.00000121. The molecule has 0 fully saturated rings. The fourth-order valence-corrected chi connectivity index (χ4v) is 0.744. The number of hydrogen-bond donors (Lipinski definition) is 1. The Morgan fingerprint density at radius 3 is 2.42 bits per heavy atom. The normalized spacial score (nSPS) is 11.5. The van der Waals surface area contributed by atoms with Gasteiger partial charge in [-0.3, -0.25) is 0 Å². The van der Waals surface area contributed by atoms with E-state index in [1.165, 1.54) is 0 Å². The third-order valence-electron chi connectivity index (χ3n) is 1.26. The molecule has 68 valence electrons. The first-order valence-electron chi connectivity index (χ1n) is 3.72. The van der Waals surface area contributed by atoms with Crippen LogP contribution in [0.2, 0.25) is 0 Å². The van der Waals surface area contributed by atoms with Crippen molar-refractivity contribution < 1.29 is 4.74 Å². The number of ether oxygens (including phenoxy) is 1. The number of nitrogens with two attached hydrogens (primary N) is 1. The average Bonchev–Trinajstić information content (AvgIpc) is 2.03. The smallest absolute Gasteiger partial charge is 0.119 e. The molecule has 1 atom stereocenters. The van der Waals surface area contributed by atoms with Gasteiger partial charge >= 0.3 is 0 Å². The van der Waals surface area contributed by atoms with Crippen molar-refractivity contribution in [3.05, 3.63) is 30.3 Å². The molecule has 12 heavy (non-hydrogen) atoms. The van der Waals surface area contributed by atoms with Crippen molar-refractivity contribution in [3.8, 4) is 5.75 Å². The summed E-state index contributed by atoms with van der Waals surface area (Å²) in [6.45, 7) is 2.49. The maximum absolute atomic E-state index is 5.52. The van der Waals surface area contributed by atoms with E-state index in [4.69, 9.17) is 10.5 Å². The number of rotatable bonds is 3. The first-order valence-corrected chi connectivity index (χ1v) is 3.72. The fraction of sp³-hybridized carbons (Fsp3) is 0.333. The standard InChI is InChI=1S/C9H13NO.ClH/c1-8(10)7-11-9-5-3-2-4-6-9;/h2-6,8H,7,10H2,1H3;1H. The van der Waals surface area contributed by atoms with Gasteiger partial charge in [-0.25, -0.2) is 0 Å². The Morgan fingerprint density at radius 2 is 1.92 bits per heavy atom. The minimum Gasteiger partial charge on any atom is -0.492 e. The third-order valence-corrected chi connectivity index (χ3v) is 1.26. The van der Waals surface area contributed by atoms with Crippen LogP contribution in [0, 0.1) is 0 Å². The maximum atomic E-state index is 5.52. The molecule has 1 aromatic rings. The van der Waals surface area contributed by atoms with Gasteiger partial charge in [0.2, 0.25) is 0 Å². The molecule has 0 aliphatic heterocycles. The quantitative estimate of drug-likeness (QED) is 0.784. The van der Waals surface area contributed by atoms with E-state index < -0.39 is 0 Å². The van der Waals surface area contributed by atoms with Crippen molar-refractivity contribution >= 4 is 12.4 Å². The van der Waals surface area contributed by atoms with Crippen molar-refractivity contribution in [2.24, 2.45) is 5.73 Å². The van der Waals surface area contributed by atoms with Gasteiger partial charge in [-0.2, -0.15) is 0 Å². The van der Waals surface area contributed by atoms with E-state index in [0.29, 0.717) is 6.61 Å². The number of hydrogen-bond acceptors (Lipinski definition) is 2. The zero-order valence-electron chi connectivity index (χ0n) is 7.07. The minimum absolute atomic E-state index is 0. The summed E-state index contributed by atoms with van der Waals surface area (Å²) in [4.78, 5) is 0. The molecule has 2 N–H and O–H groups in total. The summed E-state index contributed by atoms with van der Waals surface area (Å²) in [5.74, 6) is 0.879. The average molecular weight is 188 g/mol. The monoisotopic (exact) mass is 187 g/mol. The Kier molecular flexibility index (Phi) is 5.51. The van der Waals surface area contributed by atoms with Gasteiger partial charge in [0.05, 0.1) is 0 Å². The van der Waals surface area contributed by atoms with Crippen LogP contribution >= 0.6 is 12.4 Å². The molecule has 0 amide bonds. The molecule has 0 heterocycles. The fourth-order valence-electron chi connectivity index (χ4n) is 0.744. The number of halogens is 1. The van der Waals surface area contributed by atoms with Gasteiger partial charge < -0.3 is 10.5 Å². The molecule has 0 bridgehead atoms. The summed E-state index contributed by atoms with van der Waals surface area (Å²) in [6, 6.07) is 9.77. The van der Waals surface area contributed by atoms with E-state index >= 15 is 0 Å². The highest BCUT2D eigenvalue weighted by Crippen LogP contribution is 2.07. The van der Waals surface area contributed by atoms with Crippen molar-refractivity contribution in [3.63, 3.8) is 0 Å². The summed E-state index contributed by atoms with van der Waals surface area (Å²) in [5.41, 5.74) is 5.52. The molecule has 1 unspecified atom stereocenters. The zero-order valence-corrected chi connectivity index (χ0v) is 7.88. The Morgan fingerprint density at radius 1 is 1.33 bits per heavy atom. The molecule has 1 rings (SSSR count). The van der Waals surface area contributed by atoms with Crippen LogP contribution in [0.15, 0.2) is 30.3 Å². The minimum atomic E-state index is 0. The van der Waals surface area contributed by atoms with Crippen LogP contribution in [0.3, 0.4) is 0 Å².